The van der Waals surface area contributed by atoms with Gasteiger partial charge in [-0.05, 0) is 30.0 Å². The second-order valence-electron chi connectivity index (χ2n) is 6.05. The first-order valence-electron chi connectivity index (χ1n) is 9.06. The van der Waals surface area contributed by atoms with Gasteiger partial charge in [0, 0.05) is 12.7 Å². The predicted octanol–water partition coefficient (Wildman–Crippen LogP) is 3.00. The number of nitrogens with zero attached hydrogens (tertiary/aromatic N) is 2. The van der Waals surface area contributed by atoms with Crippen LogP contribution in [0.3, 0.4) is 0 Å². The summed E-state index contributed by atoms with van der Waals surface area (Å²) in [6.45, 7) is 2.05. The Hall–Kier alpha value is -3.38. The van der Waals surface area contributed by atoms with E-state index < -0.39 is 30.2 Å². The highest BCUT2D eigenvalue weighted by molar-refractivity contribution is 7.20. The van der Waals surface area contributed by atoms with E-state index in [0.29, 0.717) is 20.9 Å². The fourth-order valence-corrected chi connectivity index (χ4v) is 4.11. The van der Waals surface area contributed by atoms with Gasteiger partial charge in [-0.25, -0.2) is 14.8 Å². The normalized spacial score (nSPS) is 10.5. The second-order valence-corrected chi connectivity index (χ2v) is 7.95. The lowest BCUT2D eigenvalue weighted by Crippen LogP contribution is -2.22. The monoisotopic (exact) mass is 462 g/mol. The summed E-state index contributed by atoms with van der Waals surface area (Å²) in [5.74, 6) is -1.56. The maximum Gasteiger partial charge on any atom is 0.407 e. The molecule has 0 aliphatic heterocycles. The average Bonchev–Trinajstić information content (AvgIpc) is 3.38. The van der Waals surface area contributed by atoms with Crippen molar-refractivity contribution < 1.29 is 28.7 Å². The Morgan fingerprint density at radius 1 is 1.23 bits per heavy atom. The molecule has 0 fully saturated rings. The average molecular weight is 463 g/mol. The van der Waals surface area contributed by atoms with Crippen LogP contribution in [0, 0.1) is 0 Å². The lowest BCUT2D eigenvalue weighted by molar-refractivity contribution is -0.141. The fourth-order valence-electron chi connectivity index (χ4n) is 2.53. The highest BCUT2D eigenvalue weighted by Crippen LogP contribution is 2.27. The number of nitrogens with one attached hydrogen (secondary N) is 2. The van der Waals surface area contributed by atoms with E-state index in [1.807, 2.05) is 0 Å². The Kier molecular flexibility index (Phi) is 7.26. The third kappa shape index (κ3) is 5.61. The van der Waals surface area contributed by atoms with Gasteiger partial charge >= 0.3 is 12.1 Å². The number of fused-ring (bicyclic) bond motifs is 1. The number of pyridine rings is 1. The summed E-state index contributed by atoms with van der Waals surface area (Å²) >= 11 is 2.26. The van der Waals surface area contributed by atoms with E-state index in [4.69, 9.17) is 4.74 Å². The van der Waals surface area contributed by atoms with Crippen molar-refractivity contribution in [3.8, 4) is 0 Å². The predicted molar refractivity (Wildman–Crippen MR) is 115 cm³/mol. The van der Waals surface area contributed by atoms with E-state index in [9.17, 15) is 19.2 Å². The van der Waals surface area contributed by atoms with Crippen LogP contribution < -0.4 is 10.6 Å². The van der Waals surface area contributed by atoms with Crippen LogP contribution in [0.5, 0.6) is 0 Å². The number of aromatic nitrogens is 2. The third-order valence-corrected chi connectivity index (χ3v) is 5.73. The maximum absolute atomic E-state index is 12.7. The number of anilines is 1. The molecule has 2 amide bonds. The molecule has 12 heteroatoms. The van der Waals surface area contributed by atoms with Crippen LogP contribution in [0.2, 0.25) is 0 Å². The lowest BCUT2D eigenvalue weighted by atomic mass is 10.1. The molecule has 0 aliphatic rings. The molecule has 3 rings (SSSR count). The largest absolute Gasteiger partial charge is 0.466 e. The molecule has 0 radical (unpaired) electrons. The molecule has 0 aliphatic carbocycles. The zero-order chi connectivity index (χ0) is 22.4. The Labute approximate surface area is 184 Å². The smallest absolute Gasteiger partial charge is 0.407 e. The number of hydrogen-bond acceptors (Lipinski definition) is 10. The van der Waals surface area contributed by atoms with Gasteiger partial charge < -0.3 is 20.1 Å². The number of alkyl carbamates (subject to hydrolysis) is 1. The first-order valence-corrected chi connectivity index (χ1v) is 10.8. The molecule has 0 atom stereocenters. The van der Waals surface area contributed by atoms with Crippen molar-refractivity contribution in [2.24, 2.45) is 0 Å². The molecule has 0 saturated heterocycles. The van der Waals surface area contributed by atoms with Crippen molar-refractivity contribution in [2.75, 3.05) is 19.0 Å². The topological polar surface area (TPSA) is 137 Å². The standard InChI is InChI=1S/C19H18N4O6S2/c1-3-29-14(25)7-13(24)11-4-5-30-16(11)23-15(26)18-22-12-6-10(8-20-17(12)31-18)9-21-19(27)28-2/h4-6,8H,3,7,9H2,1-2H3,(H,21,27)(H,23,26). The molecular weight excluding hydrogens is 444 g/mol. The highest BCUT2D eigenvalue weighted by atomic mass is 32.1. The van der Waals surface area contributed by atoms with Crippen molar-refractivity contribution in [3.05, 3.63) is 39.8 Å². The van der Waals surface area contributed by atoms with E-state index in [-0.39, 0.29) is 23.7 Å². The number of carbonyl (C=O) groups is 4. The van der Waals surface area contributed by atoms with Crippen LogP contribution in [-0.2, 0) is 20.8 Å². The number of ether oxygens (including phenoxy) is 2. The Bertz CT molecular complexity index is 1140. The van der Waals surface area contributed by atoms with Crippen LogP contribution in [0.4, 0.5) is 9.80 Å². The number of thiazole rings is 1. The quantitative estimate of drug-likeness (QED) is 0.296. The van der Waals surface area contributed by atoms with Crippen LogP contribution in [0.25, 0.3) is 10.3 Å². The minimum atomic E-state index is -0.620. The number of ketones is 1. The summed E-state index contributed by atoms with van der Waals surface area (Å²) in [4.78, 5) is 56.9. The van der Waals surface area contributed by atoms with Crippen LogP contribution in [-0.4, -0.2) is 47.4 Å². The molecule has 31 heavy (non-hydrogen) atoms. The number of thiophene rings is 1. The summed E-state index contributed by atoms with van der Waals surface area (Å²) in [7, 11) is 1.27. The molecule has 3 aromatic rings. The third-order valence-electron chi connectivity index (χ3n) is 3.92. The van der Waals surface area contributed by atoms with Gasteiger partial charge in [-0.1, -0.05) is 11.3 Å². The zero-order valence-electron chi connectivity index (χ0n) is 16.6. The molecule has 2 N–H and O–H groups in total. The molecule has 0 saturated carbocycles. The first-order chi connectivity index (χ1) is 14.9. The molecule has 3 heterocycles. The van der Waals surface area contributed by atoms with Crippen molar-refractivity contribution in [2.45, 2.75) is 19.9 Å². The van der Waals surface area contributed by atoms with Crippen LogP contribution >= 0.6 is 22.7 Å². The molecule has 0 aromatic carbocycles. The lowest BCUT2D eigenvalue weighted by Gasteiger charge is -2.04. The number of carbonyl (C=O) groups excluding carboxylic acids is 4. The van der Waals surface area contributed by atoms with Gasteiger partial charge in [0.2, 0.25) is 0 Å². The van der Waals surface area contributed by atoms with Gasteiger partial charge in [0.1, 0.15) is 21.8 Å². The van der Waals surface area contributed by atoms with Gasteiger partial charge in [-0.2, -0.15) is 0 Å². The van der Waals surface area contributed by atoms with Crippen molar-refractivity contribution in [3.63, 3.8) is 0 Å². The Morgan fingerprint density at radius 3 is 2.77 bits per heavy atom. The number of esters is 1. The van der Waals surface area contributed by atoms with Gasteiger partial charge in [0.25, 0.3) is 5.91 Å². The highest BCUT2D eigenvalue weighted by Gasteiger charge is 2.21. The number of methoxy groups -OCH3 is 1. The molecule has 0 bridgehead atoms. The minimum Gasteiger partial charge on any atom is -0.466 e. The van der Waals surface area contributed by atoms with E-state index in [1.54, 1.807) is 30.6 Å². The van der Waals surface area contributed by atoms with Gasteiger partial charge in [-0.15, -0.1) is 11.3 Å². The second kappa shape index (κ2) is 10.1. The Balaban J connectivity index is 1.71. The van der Waals surface area contributed by atoms with Crippen molar-refractivity contribution in [1.29, 1.82) is 0 Å². The summed E-state index contributed by atoms with van der Waals surface area (Å²) in [6.07, 6.45) is 0.604. The summed E-state index contributed by atoms with van der Waals surface area (Å²) < 4.78 is 9.31. The molecule has 10 nitrogen and oxygen atoms in total. The Morgan fingerprint density at radius 2 is 2.03 bits per heavy atom. The molecular formula is C19H18N4O6S2. The summed E-state index contributed by atoms with van der Waals surface area (Å²) in [6, 6.07) is 3.26. The fraction of sp³-hybridized carbons (Fsp3) is 0.263. The summed E-state index contributed by atoms with van der Waals surface area (Å²) in [5, 5.41) is 7.35. The minimum absolute atomic E-state index is 0.165. The van der Waals surface area contributed by atoms with E-state index >= 15 is 0 Å². The zero-order valence-corrected chi connectivity index (χ0v) is 18.2. The molecule has 0 unspecified atom stereocenters. The van der Waals surface area contributed by atoms with E-state index in [0.717, 1.165) is 11.3 Å². The van der Waals surface area contributed by atoms with Crippen LogP contribution in [0.1, 0.15) is 39.1 Å². The van der Waals surface area contributed by atoms with Crippen molar-refractivity contribution in [1.82, 2.24) is 15.3 Å². The van der Waals surface area contributed by atoms with Gasteiger partial charge in [0.15, 0.2) is 10.8 Å². The number of rotatable bonds is 8. The maximum atomic E-state index is 12.7. The first kappa shape index (κ1) is 22.3. The number of hydrogen-bond donors (Lipinski definition) is 2. The SMILES string of the molecule is CCOC(=O)CC(=O)c1ccsc1NC(=O)c1nc2cc(CNC(=O)OC)cnc2s1. The van der Waals surface area contributed by atoms with Gasteiger partial charge in [-0.3, -0.25) is 14.4 Å². The van der Waals surface area contributed by atoms with Gasteiger partial charge in [0.05, 0.1) is 19.3 Å². The molecule has 0 spiro atoms. The van der Waals surface area contributed by atoms with Crippen molar-refractivity contribution >= 4 is 61.8 Å². The number of Topliss-reactive ketones (excluding diaryl/α,β-unsaturated/α-hetero) is 1. The van der Waals surface area contributed by atoms with Crippen LogP contribution in [0.15, 0.2) is 23.7 Å². The summed E-state index contributed by atoms with van der Waals surface area (Å²) in [5.41, 5.74) is 1.44. The molecule has 3 aromatic heterocycles. The number of amides is 2. The van der Waals surface area contributed by atoms with E-state index in [1.165, 1.54) is 18.4 Å². The van der Waals surface area contributed by atoms with E-state index in [2.05, 4.69) is 25.3 Å². The molecule has 162 valence electrons.